The first-order valence-electron chi connectivity index (χ1n) is 4.58. The molecule has 0 saturated heterocycles. The Hall–Kier alpha value is -1.22. The number of hydrogen-bond acceptors (Lipinski definition) is 3. The van der Waals surface area contributed by atoms with Gasteiger partial charge in [0.15, 0.2) is 0 Å². The van der Waals surface area contributed by atoms with Gasteiger partial charge in [-0.25, -0.2) is 0 Å². The van der Waals surface area contributed by atoms with Gasteiger partial charge in [0, 0.05) is 18.6 Å². The molecule has 0 bridgehead atoms. The van der Waals surface area contributed by atoms with Crippen LogP contribution >= 0.6 is 0 Å². The topological polar surface area (TPSA) is 49.7 Å². The van der Waals surface area contributed by atoms with Crippen molar-refractivity contribution < 1.29 is 14.9 Å². The summed E-state index contributed by atoms with van der Waals surface area (Å²) in [5.41, 5.74) is 1.71. The molecule has 1 atom stereocenters. The third kappa shape index (κ3) is 1.99. The summed E-state index contributed by atoms with van der Waals surface area (Å²) >= 11 is 0. The Morgan fingerprint density at radius 1 is 1.43 bits per heavy atom. The van der Waals surface area contributed by atoms with Crippen molar-refractivity contribution in [3.63, 3.8) is 0 Å². The second-order valence-electron chi connectivity index (χ2n) is 3.46. The smallest absolute Gasteiger partial charge is 0.125 e. The average molecular weight is 196 g/mol. The predicted octanol–water partition coefficient (Wildman–Crippen LogP) is 1.81. The van der Waals surface area contributed by atoms with Crippen LogP contribution in [0.25, 0.3) is 0 Å². The standard InChI is InChI=1S/C11H16O3/c1-7-4-9(8(2)6-12)10(13)5-11(7)14-3/h4-5,8,12-13H,6H2,1-3H3. The number of aliphatic hydroxyl groups excluding tert-OH is 1. The van der Waals surface area contributed by atoms with Crippen molar-refractivity contribution >= 4 is 0 Å². The van der Waals surface area contributed by atoms with Crippen molar-refractivity contribution in [1.82, 2.24) is 0 Å². The monoisotopic (exact) mass is 196 g/mol. The molecule has 0 aliphatic rings. The van der Waals surface area contributed by atoms with Gasteiger partial charge in [0.2, 0.25) is 0 Å². The molecule has 2 N–H and O–H groups in total. The number of phenolic OH excluding ortho intramolecular Hbond substituents is 1. The fraction of sp³-hybridized carbons (Fsp3) is 0.455. The number of aromatic hydroxyl groups is 1. The van der Waals surface area contributed by atoms with Crippen molar-refractivity contribution in [1.29, 1.82) is 0 Å². The molecule has 3 heteroatoms. The molecule has 3 nitrogen and oxygen atoms in total. The Kier molecular flexibility index (Phi) is 3.36. The quantitative estimate of drug-likeness (QED) is 0.775. The molecule has 0 aliphatic carbocycles. The number of aliphatic hydroxyl groups is 1. The van der Waals surface area contributed by atoms with E-state index in [0.717, 1.165) is 11.1 Å². The van der Waals surface area contributed by atoms with E-state index < -0.39 is 0 Å². The van der Waals surface area contributed by atoms with Gasteiger partial charge in [-0.05, 0) is 24.1 Å². The lowest BCUT2D eigenvalue weighted by Gasteiger charge is -2.13. The third-order valence-corrected chi connectivity index (χ3v) is 2.35. The van der Waals surface area contributed by atoms with E-state index >= 15 is 0 Å². The summed E-state index contributed by atoms with van der Waals surface area (Å²) in [7, 11) is 1.57. The van der Waals surface area contributed by atoms with Gasteiger partial charge in [0.05, 0.1) is 7.11 Å². The zero-order valence-corrected chi connectivity index (χ0v) is 8.74. The Bertz CT molecular complexity index is 321. The summed E-state index contributed by atoms with van der Waals surface area (Å²) in [4.78, 5) is 0. The highest BCUT2D eigenvalue weighted by molar-refractivity contribution is 5.46. The van der Waals surface area contributed by atoms with Gasteiger partial charge in [-0.1, -0.05) is 6.92 Å². The molecule has 0 saturated carbocycles. The lowest BCUT2D eigenvalue weighted by Crippen LogP contribution is -2.00. The molecule has 0 aliphatic heterocycles. The van der Waals surface area contributed by atoms with Crippen molar-refractivity contribution in [2.24, 2.45) is 0 Å². The lowest BCUT2D eigenvalue weighted by molar-refractivity contribution is 0.270. The fourth-order valence-corrected chi connectivity index (χ4v) is 1.41. The van der Waals surface area contributed by atoms with Crippen molar-refractivity contribution in [3.05, 3.63) is 23.3 Å². The summed E-state index contributed by atoms with van der Waals surface area (Å²) in [5, 5.41) is 18.6. The summed E-state index contributed by atoms with van der Waals surface area (Å²) < 4.78 is 5.07. The van der Waals surface area contributed by atoms with Gasteiger partial charge >= 0.3 is 0 Å². The van der Waals surface area contributed by atoms with Crippen LogP contribution < -0.4 is 4.74 Å². The molecule has 0 aromatic heterocycles. The number of aryl methyl sites for hydroxylation is 1. The van der Waals surface area contributed by atoms with Crippen LogP contribution in [0.5, 0.6) is 11.5 Å². The zero-order valence-electron chi connectivity index (χ0n) is 8.74. The number of benzene rings is 1. The molecule has 78 valence electrons. The van der Waals surface area contributed by atoms with Crippen LogP contribution in [0.1, 0.15) is 24.0 Å². The highest BCUT2D eigenvalue weighted by Crippen LogP contribution is 2.32. The van der Waals surface area contributed by atoms with Crippen LogP contribution in [-0.4, -0.2) is 23.9 Å². The Labute approximate surface area is 84.0 Å². The molecule has 0 radical (unpaired) electrons. The molecule has 1 unspecified atom stereocenters. The van der Waals surface area contributed by atoms with Crippen LogP contribution in [0.2, 0.25) is 0 Å². The van der Waals surface area contributed by atoms with E-state index in [4.69, 9.17) is 9.84 Å². The van der Waals surface area contributed by atoms with Gasteiger partial charge in [-0.3, -0.25) is 0 Å². The molecule has 0 amide bonds. The number of methoxy groups -OCH3 is 1. The van der Waals surface area contributed by atoms with E-state index in [1.807, 2.05) is 19.9 Å². The van der Waals surface area contributed by atoms with Gasteiger partial charge in [0.1, 0.15) is 11.5 Å². The normalized spacial score (nSPS) is 12.6. The first kappa shape index (κ1) is 10.9. The van der Waals surface area contributed by atoms with Crippen molar-refractivity contribution in [2.45, 2.75) is 19.8 Å². The fourth-order valence-electron chi connectivity index (χ4n) is 1.41. The van der Waals surface area contributed by atoms with Crippen LogP contribution in [-0.2, 0) is 0 Å². The summed E-state index contributed by atoms with van der Waals surface area (Å²) in [5.74, 6) is 0.782. The molecule has 1 rings (SSSR count). The molecule has 1 aromatic rings. The second-order valence-corrected chi connectivity index (χ2v) is 3.46. The lowest BCUT2D eigenvalue weighted by atomic mass is 9.98. The largest absolute Gasteiger partial charge is 0.508 e. The zero-order chi connectivity index (χ0) is 10.7. The molecular weight excluding hydrogens is 180 g/mol. The van der Waals surface area contributed by atoms with Crippen LogP contribution in [0.4, 0.5) is 0 Å². The molecule has 0 spiro atoms. The second kappa shape index (κ2) is 4.33. The maximum absolute atomic E-state index is 9.66. The molecule has 14 heavy (non-hydrogen) atoms. The van der Waals surface area contributed by atoms with Gasteiger partial charge in [-0.2, -0.15) is 0 Å². The average Bonchev–Trinajstić information content (AvgIpc) is 2.19. The number of phenols is 1. The van der Waals surface area contributed by atoms with Gasteiger partial charge < -0.3 is 14.9 Å². The van der Waals surface area contributed by atoms with Gasteiger partial charge in [0.25, 0.3) is 0 Å². The SMILES string of the molecule is COc1cc(O)c(C(C)CO)cc1C. The van der Waals surface area contributed by atoms with E-state index in [1.54, 1.807) is 13.2 Å². The molecule has 1 aromatic carbocycles. The summed E-state index contributed by atoms with van der Waals surface area (Å²) in [6.45, 7) is 3.80. The Morgan fingerprint density at radius 3 is 2.57 bits per heavy atom. The molecule has 0 fully saturated rings. The maximum atomic E-state index is 9.66. The van der Waals surface area contributed by atoms with E-state index in [9.17, 15) is 5.11 Å². The van der Waals surface area contributed by atoms with Crippen LogP contribution in [0.3, 0.4) is 0 Å². The van der Waals surface area contributed by atoms with E-state index in [0.29, 0.717) is 5.75 Å². The maximum Gasteiger partial charge on any atom is 0.125 e. The minimum absolute atomic E-state index is 0.0271. The number of ether oxygens (including phenoxy) is 1. The summed E-state index contributed by atoms with van der Waals surface area (Å²) in [6, 6.07) is 3.42. The number of hydrogen-bond donors (Lipinski definition) is 2. The van der Waals surface area contributed by atoms with Crippen LogP contribution in [0, 0.1) is 6.92 Å². The van der Waals surface area contributed by atoms with E-state index in [2.05, 4.69) is 0 Å². The van der Waals surface area contributed by atoms with E-state index in [1.165, 1.54) is 0 Å². The molecular formula is C11H16O3. The summed E-state index contributed by atoms with van der Waals surface area (Å²) in [6.07, 6.45) is 0. The predicted molar refractivity (Wildman–Crippen MR) is 54.9 cm³/mol. The minimum Gasteiger partial charge on any atom is -0.508 e. The van der Waals surface area contributed by atoms with Gasteiger partial charge in [-0.15, -0.1) is 0 Å². The van der Waals surface area contributed by atoms with Crippen molar-refractivity contribution in [3.8, 4) is 11.5 Å². The van der Waals surface area contributed by atoms with Crippen LogP contribution in [0.15, 0.2) is 12.1 Å². The first-order chi connectivity index (χ1) is 6.60. The highest BCUT2D eigenvalue weighted by Gasteiger charge is 2.12. The Morgan fingerprint density at radius 2 is 2.07 bits per heavy atom. The highest BCUT2D eigenvalue weighted by atomic mass is 16.5. The van der Waals surface area contributed by atoms with Crippen molar-refractivity contribution in [2.75, 3.05) is 13.7 Å². The first-order valence-corrected chi connectivity index (χ1v) is 4.58. The van der Waals surface area contributed by atoms with E-state index in [-0.39, 0.29) is 18.3 Å². The Balaban J connectivity index is 3.14. The molecule has 0 heterocycles. The number of rotatable bonds is 3. The minimum atomic E-state index is -0.0559. The third-order valence-electron chi connectivity index (χ3n) is 2.35.